The van der Waals surface area contributed by atoms with Crippen LogP contribution in [0.15, 0.2) is 42.5 Å². The molecule has 1 saturated carbocycles. The van der Waals surface area contributed by atoms with Crippen LogP contribution in [0.5, 0.6) is 5.75 Å². The zero-order chi connectivity index (χ0) is 23.4. The molecule has 2 unspecified atom stereocenters. The first kappa shape index (κ1) is 22.6. The molecule has 0 saturated heterocycles. The van der Waals surface area contributed by atoms with E-state index in [2.05, 4.69) is 25.9 Å². The summed E-state index contributed by atoms with van der Waals surface area (Å²) in [6.07, 6.45) is 3.90. The van der Waals surface area contributed by atoms with E-state index in [-0.39, 0.29) is 29.9 Å². The molecule has 33 heavy (non-hydrogen) atoms. The number of ether oxygens (including phenoxy) is 1. The minimum Gasteiger partial charge on any atom is -0.497 e. The number of carbonyl (C=O) groups is 1. The van der Waals surface area contributed by atoms with Gasteiger partial charge in [0.05, 0.1) is 12.6 Å². The fraction of sp³-hybridized carbons (Fsp3) is 0.304. The molecule has 1 fully saturated rings. The largest absolute Gasteiger partial charge is 0.497 e. The Morgan fingerprint density at radius 1 is 1.12 bits per heavy atom. The van der Waals surface area contributed by atoms with Crippen molar-refractivity contribution in [2.75, 3.05) is 17.7 Å². The maximum atomic E-state index is 12.7. The average molecular weight is 468 g/mol. The lowest BCUT2D eigenvalue weighted by Crippen LogP contribution is -2.50. The van der Waals surface area contributed by atoms with E-state index in [1.165, 1.54) is 0 Å². The van der Waals surface area contributed by atoms with Crippen LogP contribution < -0.4 is 26.4 Å². The lowest BCUT2D eigenvalue weighted by atomic mass is 9.90. The first-order chi connectivity index (χ1) is 15.9. The van der Waals surface area contributed by atoms with Crippen LogP contribution >= 0.6 is 11.6 Å². The number of nitrogens with one attached hydrogen (secondary N) is 4. The van der Waals surface area contributed by atoms with Gasteiger partial charge in [-0.1, -0.05) is 24.4 Å². The van der Waals surface area contributed by atoms with Gasteiger partial charge in [-0.3, -0.25) is 15.5 Å². The molecule has 3 aromatic rings. The summed E-state index contributed by atoms with van der Waals surface area (Å²) >= 11 is 5.92. The van der Waals surface area contributed by atoms with Crippen LogP contribution in [0.4, 0.5) is 11.8 Å². The molecule has 1 aliphatic carbocycles. The second-order valence-corrected chi connectivity index (χ2v) is 8.38. The number of aromatic nitrogens is 2. The van der Waals surface area contributed by atoms with Gasteiger partial charge in [-0.2, -0.15) is 4.98 Å². The van der Waals surface area contributed by atoms with Gasteiger partial charge in [-0.15, -0.1) is 0 Å². The predicted molar refractivity (Wildman–Crippen MR) is 130 cm³/mol. The summed E-state index contributed by atoms with van der Waals surface area (Å²) in [4.78, 5) is 21.9. The van der Waals surface area contributed by atoms with Gasteiger partial charge in [0.2, 0.25) is 5.95 Å². The van der Waals surface area contributed by atoms with E-state index in [9.17, 15) is 4.79 Å². The molecule has 1 aliphatic rings. The standard InChI is InChI=1S/C23H26ClN7O2/c1-33-15-10-11-17-16(12-15)20(27-18-4-2-3-5-19(18)28-22(25)26)30-23(29-17)31-21(32)13-6-8-14(24)9-7-13/h6-12,18-19H,2-5H2,1H3,(H4,25,26,28)(H2,27,29,30,31,32). The molecule has 4 rings (SSSR count). The first-order valence-electron chi connectivity index (χ1n) is 10.7. The van der Waals surface area contributed by atoms with Crippen LogP contribution in [0.3, 0.4) is 0 Å². The Bertz CT molecular complexity index is 1170. The number of anilines is 2. The minimum absolute atomic E-state index is 0.000943. The molecule has 9 nitrogen and oxygen atoms in total. The Kier molecular flexibility index (Phi) is 6.79. The second kappa shape index (κ2) is 9.91. The SMILES string of the molecule is COc1ccc2nc(NC(=O)c3ccc(Cl)cc3)nc(NC3CCCCC3NC(=N)N)c2c1. The number of carbonyl (C=O) groups excluding carboxylic acids is 1. The number of nitrogens with two attached hydrogens (primary N) is 1. The number of hydrogen-bond donors (Lipinski definition) is 5. The van der Waals surface area contributed by atoms with Gasteiger partial charge < -0.3 is 21.1 Å². The van der Waals surface area contributed by atoms with Gasteiger partial charge in [0.15, 0.2) is 5.96 Å². The molecule has 6 N–H and O–H groups in total. The van der Waals surface area contributed by atoms with E-state index in [0.717, 1.165) is 31.1 Å². The molecule has 1 aromatic heterocycles. The van der Waals surface area contributed by atoms with E-state index in [1.807, 2.05) is 18.2 Å². The quantitative estimate of drug-likeness (QED) is 0.275. The molecule has 2 atom stereocenters. The molecule has 1 heterocycles. The number of amides is 1. The Hall–Kier alpha value is -3.59. The molecule has 0 aliphatic heterocycles. The summed E-state index contributed by atoms with van der Waals surface area (Å²) in [7, 11) is 1.60. The summed E-state index contributed by atoms with van der Waals surface area (Å²) < 4.78 is 5.38. The predicted octanol–water partition coefficient (Wildman–Crippen LogP) is 3.75. The molecule has 1 amide bonds. The zero-order valence-electron chi connectivity index (χ0n) is 18.2. The number of guanidine groups is 1. The Morgan fingerprint density at radius 3 is 2.55 bits per heavy atom. The van der Waals surface area contributed by atoms with Crippen LogP contribution in [0.1, 0.15) is 36.0 Å². The van der Waals surface area contributed by atoms with Gasteiger partial charge in [0.25, 0.3) is 5.91 Å². The first-order valence-corrected chi connectivity index (χ1v) is 11.1. The molecule has 10 heteroatoms. The van der Waals surface area contributed by atoms with E-state index < -0.39 is 0 Å². The van der Waals surface area contributed by atoms with E-state index in [1.54, 1.807) is 31.4 Å². The summed E-state index contributed by atoms with van der Waals surface area (Å²) in [5.74, 6) is 1.04. The fourth-order valence-corrected chi connectivity index (χ4v) is 4.15. The van der Waals surface area contributed by atoms with Crippen LogP contribution in [0, 0.1) is 5.41 Å². The van der Waals surface area contributed by atoms with Crippen molar-refractivity contribution in [2.24, 2.45) is 5.73 Å². The van der Waals surface area contributed by atoms with E-state index >= 15 is 0 Å². The highest BCUT2D eigenvalue weighted by Gasteiger charge is 2.26. The Labute approximate surface area is 196 Å². The third kappa shape index (κ3) is 5.43. The molecule has 2 aromatic carbocycles. The summed E-state index contributed by atoms with van der Waals surface area (Å²) in [5, 5.41) is 18.3. The second-order valence-electron chi connectivity index (χ2n) is 7.94. The highest BCUT2D eigenvalue weighted by Crippen LogP contribution is 2.29. The minimum atomic E-state index is -0.334. The van der Waals surface area contributed by atoms with E-state index in [0.29, 0.717) is 27.7 Å². The number of benzene rings is 2. The lowest BCUT2D eigenvalue weighted by Gasteiger charge is -2.33. The maximum Gasteiger partial charge on any atom is 0.258 e. The Morgan fingerprint density at radius 2 is 1.85 bits per heavy atom. The number of fused-ring (bicyclic) bond motifs is 1. The number of nitrogens with zero attached hydrogens (tertiary/aromatic N) is 2. The maximum absolute atomic E-state index is 12.7. The van der Waals surface area contributed by atoms with Crippen molar-refractivity contribution in [1.29, 1.82) is 5.41 Å². The Balaban J connectivity index is 1.67. The van der Waals surface area contributed by atoms with Gasteiger partial charge in [0, 0.05) is 28.1 Å². The molecule has 0 bridgehead atoms. The van der Waals surface area contributed by atoms with Crippen LogP contribution in [0.25, 0.3) is 10.9 Å². The highest BCUT2D eigenvalue weighted by molar-refractivity contribution is 6.30. The summed E-state index contributed by atoms with van der Waals surface area (Å²) in [6, 6.07) is 12.1. The van der Waals surface area contributed by atoms with Gasteiger partial charge >= 0.3 is 0 Å². The smallest absolute Gasteiger partial charge is 0.258 e. The summed E-state index contributed by atoms with van der Waals surface area (Å²) in [5.41, 5.74) is 6.71. The highest BCUT2D eigenvalue weighted by atomic mass is 35.5. The summed E-state index contributed by atoms with van der Waals surface area (Å²) in [6.45, 7) is 0. The third-order valence-corrected chi connectivity index (χ3v) is 5.92. The van der Waals surface area contributed by atoms with Crippen LogP contribution in [-0.2, 0) is 0 Å². The zero-order valence-corrected chi connectivity index (χ0v) is 18.9. The lowest BCUT2D eigenvalue weighted by molar-refractivity contribution is 0.102. The van der Waals surface area contributed by atoms with Crippen LogP contribution in [0.2, 0.25) is 5.02 Å². The van der Waals surface area contributed by atoms with Crippen molar-refractivity contribution in [3.05, 3.63) is 53.1 Å². The molecule has 0 spiro atoms. The molecular weight excluding hydrogens is 442 g/mol. The van der Waals surface area contributed by atoms with Crippen molar-refractivity contribution >= 4 is 46.1 Å². The topological polar surface area (TPSA) is 138 Å². The van der Waals surface area contributed by atoms with Crippen molar-refractivity contribution in [1.82, 2.24) is 15.3 Å². The van der Waals surface area contributed by atoms with Gasteiger partial charge in [-0.25, -0.2) is 4.98 Å². The molecular formula is C23H26ClN7O2. The average Bonchev–Trinajstić information content (AvgIpc) is 2.80. The molecule has 172 valence electrons. The van der Waals surface area contributed by atoms with Crippen molar-refractivity contribution < 1.29 is 9.53 Å². The normalized spacial score (nSPS) is 17.9. The van der Waals surface area contributed by atoms with E-state index in [4.69, 9.17) is 27.5 Å². The van der Waals surface area contributed by atoms with Crippen molar-refractivity contribution in [3.63, 3.8) is 0 Å². The van der Waals surface area contributed by atoms with Gasteiger partial charge in [-0.05, 0) is 55.3 Å². The number of rotatable bonds is 6. The fourth-order valence-electron chi connectivity index (χ4n) is 4.03. The van der Waals surface area contributed by atoms with Crippen molar-refractivity contribution in [3.8, 4) is 5.75 Å². The van der Waals surface area contributed by atoms with Crippen LogP contribution in [-0.4, -0.2) is 41.0 Å². The monoisotopic (exact) mass is 467 g/mol. The number of methoxy groups -OCH3 is 1. The molecule has 0 radical (unpaired) electrons. The number of halogens is 1. The van der Waals surface area contributed by atoms with Crippen molar-refractivity contribution in [2.45, 2.75) is 37.8 Å². The number of hydrogen-bond acceptors (Lipinski definition) is 6. The van der Waals surface area contributed by atoms with Gasteiger partial charge in [0.1, 0.15) is 11.6 Å². The third-order valence-electron chi connectivity index (χ3n) is 5.66.